The van der Waals surface area contributed by atoms with Crippen molar-refractivity contribution in [1.29, 1.82) is 0 Å². The molecule has 0 aliphatic carbocycles. The van der Waals surface area contributed by atoms with Crippen LogP contribution in [-0.2, 0) is 4.79 Å². The normalized spacial score (nSPS) is 11.9. The number of amides is 1. The molecule has 0 fully saturated rings. The molecular formula is C16H24N2O. The Morgan fingerprint density at radius 2 is 2.05 bits per heavy atom. The molecule has 2 N–H and O–H groups in total. The molecule has 1 unspecified atom stereocenters. The third kappa shape index (κ3) is 5.16. The second-order valence-corrected chi connectivity index (χ2v) is 5.02. The first-order chi connectivity index (χ1) is 9.04. The van der Waals surface area contributed by atoms with E-state index < -0.39 is 0 Å². The van der Waals surface area contributed by atoms with Gasteiger partial charge in [0.25, 0.3) is 0 Å². The van der Waals surface area contributed by atoms with Crippen LogP contribution in [-0.4, -0.2) is 24.4 Å². The van der Waals surface area contributed by atoms with E-state index in [1.807, 2.05) is 37.4 Å². The van der Waals surface area contributed by atoms with Crippen LogP contribution in [0.2, 0.25) is 0 Å². The third-order valence-electron chi connectivity index (χ3n) is 3.31. The molecule has 0 aliphatic rings. The van der Waals surface area contributed by atoms with Crippen LogP contribution < -0.4 is 5.73 Å². The van der Waals surface area contributed by atoms with Crippen LogP contribution in [0, 0.1) is 0 Å². The van der Waals surface area contributed by atoms with Gasteiger partial charge in [-0.2, -0.15) is 0 Å². The van der Waals surface area contributed by atoms with E-state index in [0.29, 0.717) is 6.42 Å². The van der Waals surface area contributed by atoms with Crippen molar-refractivity contribution in [1.82, 2.24) is 4.90 Å². The average molecular weight is 260 g/mol. The fourth-order valence-corrected chi connectivity index (χ4v) is 1.96. The Balaban J connectivity index is 2.46. The number of carbonyl (C=O) groups excluding carboxylic acids is 1. The molecule has 1 amide bonds. The predicted molar refractivity (Wildman–Crippen MR) is 81.0 cm³/mol. The highest BCUT2D eigenvalue weighted by molar-refractivity contribution is 5.76. The number of benzene rings is 1. The standard InChI is InChI=1S/C16H24N2O/c1-4-5-6-11-18(3)16(19)12-13(2)14-7-9-15(17)10-8-14/h4,7-10,13H,1,5-6,11-12,17H2,2-3H3. The summed E-state index contributed by atoms with van der Waals surface area (Å²) in [4.78, 5) is 13.9. The number of hydrogen-bond acceptors (Lipinski definition) is 2. The Bertz CT molecular complexity index is 411. The topological polar surface area (TPSA) is 46.3 Å². The lowest BCUT2D eigenvalue weighted by Gasteiger charge is -2.19. The summed E-state index contributed by atoms with van der Waals surface area (Å²) < 4.78 is 0. The van der Waals surface area contributed by atoms with Crippen molar-refractivity contribution in [2.75, 3.05) is 19.3 Å². The molecule has 0 heterocycles. The van der Waals surface area contributed by atoms with Gasteiger partial charge < -0.3 is 10.6 Å². The minimum atomic E-state index is 0.188. The maximum absolute atomic E-state index is 12.1. The van der Waals surface area contributed by atoms with Gasteiger partial charge in [-0.3, -0.25) is 4.79 Å². The van der Waals surface area contributed by atoms with Crippen LogP contribution >= 0.6 is 0 Å². The Hall–Kier alpha value is -1.77. The van der Waals surface area contributed by atoms with E-state index in [-0.39, 0.29) is 11.8 Å². The number of unbranched alkanes of at least 4 members (excludes halogenated alkanes) is 1. The molecule has 1 rings (SSSR count). The number of hydrogen-bond donors (Lipinski definition) is 1. The maximum Gasteiger partial charge on any atom is 0.222 e. The van der Waals surface area contributed by atoms with E-state index in [9.17, 15) is 4.79 Å². The van der Waals surface area contributed by atoms with Crippen molar-refractivity contribution in [3.8, 4) is 0 Å². The van der Waals surface area contributed by atoms with Crippen LogP contribution in [0.5, 0.6) is 0 Å². The first kappa shape index (κ1) is 15.3. The predicted octanol–water partition coefficient (Wildman–Crippen LogP) is 3.19. The maximum atomic E-state index is 12.1. The molecule has 1 atom stereocenters. The molecule has 0 bridgehead atoms. The van der Waals surface area contributed by atoms with Crippen LogP contribution in [0.15, 0.2) is 36.9 Å². The zero-order valence-corrected chi connectivity index (χ0v) is 11.9. The Morgan fingerprint density at radius 3 is 2.63 bits per heavy atom. The molecule has 104 valence electrons. The zero-order chi connectivity index (χ0) is 14.3. The first-order valence-corrected chi connectivity index (χ1v) is 6.75. The average Bonchev–Trinajstić information content (AvgIpc) is 2.39. The molecule has 0 saturated heterocycles. The van der Waals surface area contributed by atoms with Gasteiger partial charge in [-0.1, -0.05) is 25.1 Å². The van der Waals surface area contributed by atoms with E-state index in [1.165, 1.54) is 0 Å². The molecule has 3 heteroatoms. The summed E-state index contributed by atoms with van der Waals surface area (Å²) in [5.74, 6) is 0.406. The van der Waals surface area contributed by atoms with E-state index in [4.69, 9.17) is 5.73 Å². The Kier molecular flexibility index (Phi) is 6.13. The van der Waals surface area contributed by atoms with E-state index in [2.05, 4.69) is 13.5 Å². The molecule has 1 aromatic carbocycles. The number of nitrogen functional groups attached to an aromatic ring is 1. The summed E-state index contributed by atoms with van der Waals surface area (Å²) in [5.41, 5.74) is 7.57. The van der Waals surface area contributed by atoms with Crippen molar-refractivity contribution < 1.29 is 4.79 Å². The zero-order valence-electron chi connectivity index (χ0n) is 11.9. The van der Waals surface area contributed by atoms with Gasteiger partial charge in [-0.05, 0) is 36.5 Å². The molecule has 0 aromatic heterocycles. The first-order valence-electron chi connectivity index (χ1n) is 6.75. The molecule has 0 saturated carbocycles. The van der Waals surface area contributed by atoms with Crippen molar-refractivity contribution in [3.63, 3.8) is 0 Å². The summed E-state index contributed by atoms with van der Waals surface area (Å²) in [6.45, 7) is 6.55. The highest BCUT2D eigenvalue weighted by atomic mass is 16.2. The third-order valence-corrected chi connectivity index (χ3v) is 3.31. The summed E-state index contributed by atoms with van der Waals surface area (Å²) in [6, 6.07) is 7.74. The lowest BCUT2D eigenvalue weighted by Crippen LogP contribution is -2.28. The van der Waals surface area contributed by atoms with Crippen LogP contribution in [0.3, 0.4) is 0 Å². The lowest BCUT2D eigenvalue weighted by atomic mass is 9.97. The van der Waals surface area contributed by atoms with Crippen molar-refractivity contribution in [3.05, 3.63) is 42.5 Å². The van der Waals surface area contributed by atoms with E-state index in [1.54, 1.807) is 4.90 Å². The van der Waals surface area contributed by atoms with Gasteiger partial charge in [-0.25, -0.2) is 0 Å². The van der Waals surface area contributed by atoms with Crippen LogP contribution in [0.25, 0.3) is 0 Å². The lowest BCUT2D eigenvalue weighted by molar-refractivity contribution is -0.130. The van der Waals surface area contributed by atoms with Crippen molar-refractivity contribution >= 4 is 11.6 Å². The van der Waals surface area contributed by atoms with Gasteiger partial charge in [0.1, 0.15) is 0 Å². The number of allylic oxidation sites excluding steroid dienone is 1. The van der Waals surface area contributed by atoms with Gasteiger partial charge in [-0.15, -0.1) is 6.58 Å². The summed E-state index contributed by atoms with van der Waals surface area (Å²) in [6.07, 6.45) is 4.34. The Labute approximate surface area is 116 Å². The second-order valence-electron chi connectivity index (χ2n) is 5.02. The smallest absolute Gasteiger partial charge is 0.222 e. The number of carbonyl (C=O) groups is 1. The highest BCUT2D eigenvalue weighted by Gasteiger charge is 2.14. The summed E-state index contributed by atoms with van der Waals surface area (Å²) in [5, 5.41) is 0. The van der Waals surface area contributed by atoms with Gasteiger partial charge in [0.15, 0.2) is 0 Å². The quantitative estimate of drug-likeness (QED) is 0.465. The highest BCUT2D eigenvalue weighted by Crippen LogP contribution is 2.20. The van der Waals surface area contributed by atoms with E-state index in [0.717, 1.165) is 30.6 Å². The molecular weight excluding hydrogens is 236 g/mol. The molecule has 19 heavy (non-hydrogen) atoms. The van der Waals surface area contributed by atoms with Gasteiger partial charge in [0, 0.05) is 25.7 Å². The van der Waals surface area contributed by atoms with Gasteiger partial charge >= 0.3 is 0 Å². The number of rotatable bonds is 7. The molecule has 0 radical (unpaired) electrons. The van der Waals surface area contributed by atoms with Crippen molar-refractivity contribution in [2.45, 2.75) is 32.1 Å². The number of anilines is 1. The van der Waals surface area contributed by atoms with Crippen LogP contribution in [0.1, 0.15) is 37.7 Å². The fraction of sp³-hybridized carbons (Fsp3) is 0.438. The monoisotopic (exact) mass is 260 g/mol. The molecule has 3 nitrogen and oxygen atoms in total. The molecule has 0 spiro atoms. The molecule has 0 aliphatic heterocycles. The largest absolute Gasteiger partial charge is 0.399 e. The SMILES string of the molecule is C=CCCCN(C)C(=O)CC(C)c1ccc(N)cc1. The minimum Gasteiger partial charge on any atom is -0.399 e. The summed E-state index contributed by atoms with van der Waals surface area (Å²) in [7, 11) is 1.86. The van der Waals surface area contributed by atoms with Crippen molar-refractivity contribution in [2.24, 2.45) is 0 Å². The molecule has 1 aromatic rings. The van der Waals surface area contributed by atoms with Gasteiger partial charge in [0.2, 0.25) is 5.91 Å². The minimum absolute atomic E-state index is 0.188. The second kappa shape index (κ2) is 7.62. The number of nitrogens with two attached hydrogens (primary N) is 1. The van der Waals surface area contributed by atoms with Crippen LogP contribution in [0.4, 0.5) is 5.69 Å². The number of nitrogens with zero attached hydrogens (tertiary/aromatic N) is 1. The van der Waals surface area contributed by atoms with E-state index >= 15 is 0 Å². The Morgan fingerprint density at radius 1 is 1.42 bits per heavy atom. The summed E-state index contributed by atoms with van der Waals surface area (Å²) >= 11 is 0. The fourth-order valence-electron chi connectivity index (χ4n) is 1.96. The van der Waals surface area contributed by atoms with Gasteiger partial charge in [0.05, 0.1) is 0 Å².